The molecule has 0 saturated heterocycles. The maximum absolute atomic E-state index is 10.3. The Balaban J connectivity index is 2.53. The zero-order valence-electron chi connectivity index (χ0n) is 8.32. The summed E-state index contributed by atoms with van der Waals surface area (Å²) in [4.78, 5) is 10.3. The van der Waals surface area contributed by atoms with Gasteiger partial charge in [-0.3, -0.25) is 0 Å². The third-order valence-corrected chi connectivity index (χ3v) is 2.12. The number of primary amides is 1. The first kappa shape index (κ1) is 10.6. The van der Waals surface area contributed by atoms with Crippen molar-refractivity contribution in [2.75, 3.05) is 6.61 Å². The first-order chi connectivity index (χ1) is 6.74. The van der Waals surface area contributed by atoms with Gasteiger partial charge in [0.25, 0.3) is 0 Å². The number of carbonyl (C=O) groups excluding carboxylic acids is 1. The molecule has 0 aliphatic heterocycles. The smallest absolute Gasteiger partial charge is 0.404 e. The van der Waals surface area contributed by atoms with Gasteiger partial charge < -0.3 is 10.5 Å². The lowest BCUT2D eigenvalue weighted by atomic mass is 10.0. The van der Waals surface area contributed by atoms with Crippen LogP contribution in [0.25, 0.3) is 0 Å². The van der Waals surface area contributed by atoms with Crippen LogP contribution in [0.2, 0.25) is 0 Å². The normalized spacial score (nSPS) is 9.79. The Morgan fingerprint density at radius 3 is 2.57 bits per heavy atom. The Morgan fingerprint density at radius 2 is 2.00 bits per heavy atom. The van der Waals surface area contributed by atoms with Crippen LogP contribution in [-0.4, -0.2) is 12.7 Å². The van der Waals surface area contributed by atoms with Gasteiger partial charge in [0.05, 0.1) is 6.61 Å². The lowest BCUT2D eigenvalue weighted by Crippen LogP contribution is -2.15. The van der Waals surface area contributed by atoms with Gasteiger partial charge in [-0.1, -0.05) is 31.2 Å². The summed E-state index contributed by atoms with van der Waals surface area (Å²) in [5.41, 5.74) is 7.38. The fourth-order valence-electron chi connectivity index (χ4n) is 1.41. The van der Waals surface area contributed by atoms with E-state index in [0.717, 1.165) is 12.8 Å². The van der Waals surface area contributed by atoms with Gasteiger partial charge in [-0.2, -0.15) is 0 Å². The molecule has 0 aromatic heterocycles. The molecule has 0 aliphatic rings. The topological polar surface area (TPSA) is 52.3 Å². The van der Waals surface area contributed by atoms with Crippen molar-refractivity contribution in [1.82, 2.24) is 0 Å². The van der Waals surface area contributed by atoms with Gasteiger partial charge in [-0.15, -0.1) is 0 Å². The molecular formula is C11H15NO2. The lowest BCUT2D eigenvalue weighted by Gasteiger charge is -2.06. The zero-order chi connectivity index (χ0) is 10.4. The minimum atomic E-state index is -0.709. The van der Waals surface area contributed by atoms with Crippen LogP contribution in [0, 0.1) is 0 Å². The maximum Gasteiger partial charge on any atom is 0.404 e. The van der Waals surface area contributed by atoms with Gasteiger partial charge in [0.1, 0.15) is 0 Å². The molecule has 0 fully saturated rings. The van der Waals surface area contributed by atoms with E-state index in [1.807, 2.05) is 18.2 Å². The Kier molecular flexibility index (Phi) is 3.98. The number of ether oxygens (including phenoxy) is 1. The largest absolute Gasteiger partial charge is 0.449 e. The molecule has 0 aliphatic carbocycles. The van der Waals surface area contributed by atoms with E-state index in [1.54, 1.807) is 0 Å². The average Bonchev–Trinajstić information content (AvgIpc) is 2.18. The van der Waals surface area contributed by atoms with Crippen molar-refractivity contribution < 1.29 is 9.53 Å². The van der Waals surface area contributed by atoms with Crippen LogP contribution in [0.5, 0.6) is 0 Å². The quantitative estimate of drug-likeness (QED) is 0.793. The van der Waals surface area contributed by atoms with E-state index < -0.39 is 6.09 Å². The van der Waals surface area contributed by atoms with Crippen LogP contribution < -0.4 is 5.73 Å². The molecule has 0 saturated carbocycles. The van der Waals surface area contributed by atoms with Crippen LogP contribution in [0.15, 0.2) is 24.3 Å². The second-order valence-electron chi connectivity index (χ2n) is 3.04. The zero-order valence-corrected chi connectivity index (χ0v) is 8.32. The summed E-state index contributed by atoms with van der Waals surface area (Å²) in [6.45, 7) is 2.46. The lowest BCUT2D eigenvalue weighted by molar-refractivity contribution is 0.158. The molecule has 14 heavy (non-hydrogen) atoms. The summed E-state index contributed by atoms with van der Waals surface area (Å²) in [6, 6.07) is 8.12. The monoisotopic (exact) mass is 193 g/mol. The van der Waals surface area contributed by atoms with E-state index in [-0.39, 0.29) is 0 Å². The Labute approximate surface area is 83.9 Å². The van der Waals surface area contributed by atoms with Gasteiger partial charge >= 0.3 is 6.09 Å². The molecule has 0 unspecified atom stereocenters. The molecule has 0 spiro atoms. The number of hydrogen-bond acceptors (Lipinski definition) is 2. The molecule has 0 radical (unpaired) electrons. The Bertz CT molecular complexity index is 310. The molecule has 1 aromatic rings. The van der Waals surface area contributed by atoms with Crippen molar-refractivity contribution in [2.45, 2.75) is 19.8 Å². The number of carbonyl (C=O) groups is 1. The first-order valence-electron chi connectivity index (χ1n) is 4.73. The average molecular weight is 193 g/mol. The van der Waals surface area contributed by atoms with Crippen molar-refractivity contribution in [3.05, 3.63) is 35.4 Å². The highest BCUT2D eigenvalue weighted by molar-refractivity contribution is 5.64. The molecule has 0 bridgehead atoms. The second-order valence-corrected chi connectivity index (χ2v) is 3.04. The van der Waals surface area contributed by atoms with Crippen LogP contribution in [-0.2, 0) is 17.6 Å². The van der Waals surface area contributed by atoms with Gasteiger partial charge in [0, 0.05) is 6.42 Å². The van der Waals surface area contributed by atoms with E-state index in [9.17, 15) is 4.79 Å². The minimum Gasteiger partial charge on any atom is -0.449 e. The summed E-state index contributed by atoms with van der Waals surface area (Å²) >= 11 is 0. The highest BCUT2D eigenvalue weighted by Crippen LogP contribution is 2.09. The van der Waals surface area contributed by atoms with Gasteiger partial charge in [0.2, 0.25) is 0 Å². The van der Waals surface area contributed by atoms with E-state index >= 15 is 0 Å². The van der Waals surface area contributed by atoms with Crippen molar-refractivity contribution >= 4 is 6.09 Å². The molecule has 3 heteroatoms. The second kappa shape index (κ2) is 5.27. The predicted octanol–water partition coefficient (Wildman–Crippen LogP) is 1.89. The molecule has 1 rings (SSSR count). The van der Waals surface area contributed by atoms with Crippen molar-refractivity contribution in [2.24, 2.45) is 5.73 Å². The van der Waals surface area contributed by atoms with Crippen molar-refractivity contribution in [3.8, 4) is 0 Å². The SMILES string of the molecule is CCc1ccccc1CCOC(N)=O. The minimum absolute atomic E-state index is 0.354. The summed E-state index contributed by atoms with van der Waals surface area (Å²) in [7, 11) is 0. The molecular weight excluding hydrogens is 178 g/mol. The van der Waals surface area contributed by atoms with Crippen LogP contribution in [0.1, 0.15) is 18.1 Å². The number of amides is 1. The van der Waals surface area contributed by atoms with E-state index in [0.29, 0.717) is 6.61 Å². The maximum atomic E-state index is 10.3. The molecule has 76 valence electrons. The number of hydrogen-bond donors (Lipinski definition) is 1. The van der Waals surface area contributed by atoms with Crippen LogP contribution in [0.3, 0.4) is 0 Å². The molecule has 0 atom stereocenters. The number of aryl methyl sites for hydroxylation is 1. The van der Waals surface area contributed by atoms with Gasteiger partial charge in [0.15, 0.2) is 0 Å². The van der Waals surface area contributed by atoms with E-state index in [2.05, 4.69) is 17.7 Å². The van der Waals surface area contributed by atoms with Gasteiger partial charge in [-0.05, 0) is 17.5 Å². The fraction of sp³-hybridized carbons (Fsp3) is 0.364. The summed E-state index contributed by atoms with van der Waals surface area (Å²) in [5, 5.41) is 0. The van der Waals surface area contributed by atoms with Gasteiger partial charge in [-0.25, -0.2) is 4.79 Å². The molecule has 1 amide bonds. The summed E-state index contributed by atoms with van der Waals surface area (Å²) in [5.74, 6) is 0. The third-order valence-electron chi connectivity index (χ3n) is 2.12. The number of benzene rings is 1. The van der Waals surface area contributed by atoms with Crippen LogP contribution in [0.4, 0.5) is 4.79 Å². The third kappa shape index (κ3) is 3.09. The molecule has 0 heterocycles. The Morgan fingerprint density at radius 1 is 1.36 bits per heavy atom. The van der Waals surface area contributed by atoms with Crippen molar-refractivity contribution in [3.63, 3.8) is 0 Å². The summed E-state index contributed by atoms with van der Waals surface area (Å²) < 4.78 is 4.68. The highest BCUT2D eigenvalue weighted by Gasteiger charge is 2.00. The van der Waals surface area contributed by atoms with Crippen LogP contribution >= 0.6 is 0 Å². The fourth-order valence-corrected chi connectivity index (χ4v) is 1.41. The number of rotatable bonds is 4. The molecule has 2 N–H and O–H groups in total. The van der Waals surface area contributed by atoms with Crippen molar-refractivity contribution in [1.29, 1.82) is 0 Å². The molecule has 1 aromatic carbocycles. The predicted molar refractivity (Wildman–Crippen MR) is 55.1 cm³/mol. The molecule has 3 nitrogen and oxygen atoms in total. The number of nitrogens with two attached hydrogens (primary N) is 1. The van der Waals surface area contributed by atoms with E-state index in [1.165, 1.54) is 11.1 Å². The highest BCUT2D eigenvalue weighted by atomic mass is 16.5. The standard InChI is InChI=1S/C11H15NO2/c1-2-9-5-3-4-6-10(9)7-8-14-11(12)13/h3-6H,2,7-8H2,1H3,(H2,12,13). The van der Waals surface area contributed by atoms with E-state index in [4.69, 9.17) is 5.73 Å². The first-order valence-corrected chi connectivity index (χ1v) is 4.73. The Hall–Kier alpha value is -1.51. The summed E-state index contributed by atoms with van der Waals surface area (Å²) in [6.07, 6.45) is 1.01.